The molecule has 27 heavy (non-hydrogen) atoms. The first-order valence-corrected chi connectivity index (χ1v) is 12.0. The number of rotatable bonds is 4. The molecule has 0 bridgehead atoms. The maximum Gasteiger partial charge on any atom is 0.255 e. The second-order valence-electron chi connectivity index (χ2n) is 6.17. The number of halogens is 2. The number of carbonyl (C=O) groups excluding carboxylic acids is 1. The standard InChI is InChI=1S/C17H15Cl2NO5S2/c18-12-3-6-15(19)16(9-12)20-17(21)11-1-4-13(5-2-11)27(24,25)14-7-8-26(22,23)10-14/h1-6,9,14H,7-8,10H2,(H,20,21). The Bertz CT molecular complexity index is 1100. The molecular formula is C17H15Cl2NO5S2. The summed E-state index contributed by atoms with van der Waals surface area (Å²) >= 11 is 11.9. The Hall–Kier alpha value is -1.61. The molecule has 0 aliphatic carbocycles. The van der Waals surface area contributed by atoms with Gasteiger partial charge in [0.1, 0.15) is 0 Å². The van der Waals surface area contributed by atoms with E-state index in [1.165, 1.54) is 30.3 Å². The van der Waals surface area contributed by atoms with Crippen molar-refractivity contribution >= 4 is 54.5 Å². The van der Waals surface area contributed by atoms with Crippen molar-refractivity contribution in [1.82, 2.24) is 0 Å². The van der Waals surface area contributed by atoms with E-state index in [1.807, 2.05) is 0 Å². The van der Waals surface area contributed by atoms with Crippen LogP contribution in [0, 0.1) is 0 Å². The molecule has 1 aliphatic rings. The van der Waals surface area contributed by atoms with E-state index in [9.17, 15) is 21.6 Å². The van der Waals surface area contributed by atoms with Crippen LogP contribution < -0.4 is 5.32 Å². The van der Waals surface area contributed by atoms with Crippen molar-refractivity contribution in [3.05, 3.63) is 58.1 Å². The number of hydrogen-bond donors (Lipinski definition) is 1. The Morgan fingerprint density at radius 2 is 1.74 bits per heavy atom. The Kier molecular flexibility index (Phi) is 5.54. The fourth-order valence-corrected chi connectivity index (χ4v) is 7.48. The number of nitrogens with one attached hydrogen (secondary N) is 1. The second-order valence-corrected chi connectivity index (χ2v) is 11.5. The lowest BCUT2D eigenvalue weighted by atomic mass is 10.2. The molecule has 0 aromatic heterocycles. The number of carbonyl (C=O) groups is 1. The van der Waals surface area contributed by atoms with Gasteiger partial charge in [-0.25, -0.2) is 16.8 Å². The second kappa shape index (κ2) is 7.43. The molecular weight excluding hydrogens is 433 g/mol. The molecule has 1 amide bonds. The molecule has 1 heterocycles. The molecule has 144 valence electrons. The SMILES string of the molecule is O=C(Nc1cc(Cl)ccc1Cl)c1ccc(S(=O)(=O)C2CCS(=O)(=O)C2)cc1. The van der Waals surface area contributed by atoms with Gasteiger partial charge in [0.25, 0.3) is 5.91 Å². The number of benzene rings is 2. The molecule has 1 aliphatic heterocycles. The summed E-state index contributed by atoms with van der Waals surface area (Å²) in [6.45, 7) is 0. The van der Waals surface area contributed by atoms with Crippen molar-refractivity contribution in [3.8, 4) is 0 Å². The Labute approximate surface area is 167 Å². The molecule has 2 aromatic carbocycles. The van der Waals surface area contributed by atoms with E-state index < -0.39 is 30.8 Å². The Morgan fingerprint density at radius 3 is 2.33 bits per heavy atom. The van der Waals surface area contributed by atoms with Crippen molar-refractivity contribution in [3.63, 3.8) is 0 Å². The summed E-state index contributed by atoms with van der Waals surface area (Å²) in [4.78, 5) is 12.3. The summed E-state index contributed by atoms with van der Waals surface area (Å²) < 4.78 is 48.3. The minimum absolute atomic E-state index is 0.0121. The van der Waals surface area contributed by atoms with Gasteiger partial charge in [-0.2, -0.15) is 0 Å². The quantitative estimate of drug-likeness (QED) is 0.775. The molecule has 0 radical (unpaired) electrons. The van der Waals surface area contributed by atoms with Gasteiger partial charge in [0.15, 0.2) is 19.7 Å². The number of sulfone groups is 2. The molecule has 1 fully saturated rings. The predicted molar refractivity (Wildman–Crippen MR) is 105 cm³/mol. The molecule has 1 unspecified atom stereocenters. The molecule has 1 atom stereocenters. The minimum Gasteiger partial charge on any atom is -0.321 e. The zero-order chi connectivity index (χ0) is 19.8. The molecule has 2 aromatic rings. The van der Waals surface area contributed by atoms with E-state index >= 15 is 0 Å². The third-order valence-electron chi connectivity index (χ3n) is 4.25. The monoisotopic (exact) mass is 447 g/mol. The van der Waals surface area contributed by atoms with Crippen molar-refractivity contribution < 1.29 is 21.6 Å². The normalized spacial score (nSPS) is 19.0. The molecule has 0 spiro atoms. The highest BCUT2D eigenvalue weighted by molar-refractivity contribution is 7.96. The summed E-state index contributed by atoms with van der Waals surface area (Å²) in [5, 5.41) is 2.38. The average Bonchev–Trinajstić information content (AvgIpc) is 2.99. The first-order valence-electron chi connectivity index (χ1n) is 7.89. The van der Waals surface area contributed by atoms with Crippen LogP contribution >= 0.6 is 23.2 Å². The predicted octanol–water partition coefficient (Wildman–Crippen LogP) is 3.21. The molecule has 0 saturated carbocycles. The van der Waals surface area contributed by atoms with Crippen LogP contribution in [-0.4, -0.2) is 39.5 Å². The smallest absolute Gasteiger partial charge is 0.255 e. The third-order valence-corrected chi connectivity index (χ3v) is 9.00. The van der Waals surface area contributed by atoms with Crippen molar-refractivity contribution in [2.24, 2.45) is 0 Å². The highest BCUT2D eigenvalue weighted by atomic mass is 35.5. The number of hydrogen-bond acceptors (Lipinski definition) is 5. The van der Waals surface area contributed by atoms with E-state index in [-0.39, 0.29) is 28.4 Å². The summed E-state index contributed by atoms with van der Waals surface area (Å²) in [6, 6.07) is 9.96. The summed E-state index contributed by atoms with van der Waals surface area (Å²) in [5.41, 5.74) is 0.561. The lowest BCUT2D eigenvalue weighted by molar-refractivity contribution is 0.102. The maximum atomic E-state index is 12.6. The average molecular weight is 448 g/mol. The van der Waals surface area contributed by atoms with E-state index in [0.29, 0.717) is 15.7 Å². The van der Waals surface area contributed by atoms with E-state index in [1.54, 1.807) is 12.1 Å². The van der Waals surface area contributed by atoms with Crippen LogP contribution in [0.15, 0.2) is 47.4 Å². The van der Waals surface area contributed by atoms with Crippen LogP contribution in [0.2, 0.25) is 10.0 Å². The summed E-state index contributed by atoms with van der Waals surface area (Å²) in [5.74, 6) is -0.977. The van der Waals surface area contributed by atoms with Crippen LogP contribution in [0.3, 0.4) is 0 Å². The Morgan fingerprint density at radius 1 is 1.07 bits per heavy atom. The van der Waals surface area contributed by atoms with E-state index in [0.717, 1.165) is 0 Å². The Balaban J connectivity index is 1.79. The lowest BCUT2D eigenvalue weighted by Gasteiger charge is -2.11. The molecule has 3 rings (SSSR count). The van der Waals surface area contributed by atoms with Crippen LogP contribution in [-0.2, 0) is 19.7 Å². The van der Waals surface area contributed by atoms with Crippen LogP contribution in [0.5, 0.6) is 0 Å². The van der Waals surface area contributed by atoms with Gasteiger partial charge in [-0.3, -0.25) is 4.79 Å². The first-order chi connectivity index (χ1) is 12.6. The zero-order valence-electron chi connectivity index (χ0n) is 13.9. The first kappa shape index (κ1) is 20.1. The number of anilines is 1. The summed E-state index contributed by atoms with van der Waals surface area (Å²) in [7, 11) is -7.09. The van der Waals surface area contributed by atoms with Gasteiger partial charge >= 0.3 is 0 Å². The molecule has 1 saturated heterocycles. The maximum absolute atomic E-state index is 12.6. The fourth-order valence-electron chi connectivity index (χ4n) is 2.78. The van der Waals surface area contributed by atoms with Crippen LogP contribution in [0.25, 0.3) is 0 Å². The van der Waals surface area contributed by atoms with Crippen LogP contribution in [0.1, 0.15) is 16.8 Å². The largest absolute Gasteiger partial charge is 0.321 e. The minimum atomic E-state index is -3.77. The van der Waals surface area contributed by atoms with E-state index in [4.69, 9.17) is 23.2 Å². The highest BCUT2D eigenvalue weighted by Crippen LogP contribution is 2.27. The van der Waals surface area contributed by atoms with Gasteiger partial charge in [0.2, 0.25) is 0 Å². The van der Waals surface area contributed by atoms with Crippen LogP contribution in [0.4, 0.5) is 5.69 Å². The molecule has 10 heteroatoms. The van der Waals surface area contributed by atoms with Gasteiger partial charge in [-0.05, 0) is 48.9 Å². The van der Waals surface area contributed by atoms with Crippen molar-refractivity contribution in [2.45, 2.75) is 16.6 Å². The van der Waals surface area contributed by atoms with Crippen molar-refractivity contribution in [1.29, 1.82) is 0 Å². The fraction of sp³-hybridized carbons (Fsp3) is 0.235. The zero-order valence-corrected chi connectivity index (χ0v) is 17.0. The topological polar surface area (TPSA) is 97.4 Å². The van der Waals surface area contributed by atoms with Gasteiger partial charge in [0, 0.05) is 10.6 Å². The van der Waals surface area contributed by atoms with Gasteiger partial charge in [-0.15, -0.1) is 0 Å². The third kappa shape index (κ3) is 4.45. The molecule has 1 N–H and O–H groups in total. The molecule has 6 nitrogen and oxygen atoms in total. The van der Waals surface area contributed by atoms with E-state index in [2.05, 4.69) is 5.32 Å². The highest BCUT2D eigenvalue weighted by Gasteiger charge is 2.37. The van der Waals surface area contributed by atoms with Gasteiger partial charge in [0.05, 0.1) is 32.4 Å². The summed E-state index contributed by atoms with van der Waals surface area (Å²) in [6.07, 6.45) is 0.0835. The van der Waals surface area contributed by atoms with Gasteiger partial charge in [-0.1, -0.05) is 23.2 Å². The van der Waals surface area contributed by atoms with Crippen molar-refractivity contribution in [2.75, 3.05) is 16.8 Å². The lowest BCUT2D eigenvalue weighted by Crippen LogP contribution is -2.23. The van der Waals surface area contributed by atoms with Gasteiger partial charge < -0.3 is 5.32 Å². The number of amides is 1.